The highest BCUT2D eigenvalue weighted by atomic mass is 19.1. The monoisotopic (exact) mass is 286 g/mol. The number of carbonyl (C=O) groups is 1. The fourth-order valence-corrected chi connectivity index (χ4v) is 2.17. The molecule has 0 N–H and O–H groups in total. The van der Waals surface area contributed by atoms with Gasteiger partial charge in [0.15, 0.2) is 0 Å². The lowest BCUT2D eigenvalue weighted by atomic mass is 10.1. The van der Waals surface area contributed by atoms with E-state index in [2.05, 4.69) is 0 Å². The topological polar surface area (TPSA) is 55.0 Å². The molecule has 0 bridgehead atoms. The van der Waals surface area contributed by atoms with Crippen molar-refractivity contribution in [2.45, 2.75) is 20.4 Å². The number of esters is 1. The molecule has 0 aliphatic rings. The molecule has 0 aliphatic heterocycles. The summed E-state index contributed by atoms with van der Waals surface area (Å²) in [4.78, 5) is 12.0. The standard InChI is InChI=1S/C16H15FN2O2/c1-3-21-16(20)15-11(2)6-7-19(15)10-12-4-5-14(17)8-13(12)9-18/h4-8H,3,10H2,1-2H3. The molecule has 1 heterocycles. The van der Waals surface area contributed by atoms with Gasteiger partial charge in [0.1, 0.15) is 11.5 Å². The van der Waals surface area contributed by atoms with Crippen LogP contribution in [0.3, 0.4) is 0 Å². The lowest BCUT2D eigenvalue weighted by Gasteiger charge is -2.11. The van der Waals surface area contributed by atoms with E-state index in [4.69, 9.17) is 10.00 Å². The Morgan fingerprint density at radius 2 is 2.19 bits per heavy atom. The van der Waals surface area contributed by atoms with Gasteiger partial charge in [-0.3, -0.25) is 0 Å². The van der Waals surface area contributed by atoms with Crippen molar-refractivity contribution >= 4 is 5.97 Å². The summed E-state index contributed by atoms with van der Waals surface area (Å²) in [5, 5.41) is 9.07. The molecule has 0 spiro atoms. The van der Waals surface area contributed by atoms with Crippen molar-refractivity contribution in [2.24, 2.45) is 0 Å². The Morgan fingerprint density at radius 3 is 2.86 bits per heavy atom. The van der Waals surface area contributed by atoms with Crippen molar-refractivity contribution in [1.29, 1.82) is 5.26 Å². The normalized spacial score (nSPS) is 10.2. The van der Waals surface area contributed by atoms with E-state index in [0.29, 0.717) is 24.4 Å². The number of halogens is 1. The van der Waals surface area contributed by atoms with Crippen LogP contribution in [0.1, 0.15) is 34.1 Å². The molecule has 0 aliphatic carbocycles. The van der Waals surface area contributed by atoms with Crippen LogP contribution in [-0.2, 0) is 11.3 Å². The maximum atomic E-state index is 13.2. The van der Waals surface area contributed by atoms with E-state index in [1.807, 2.05) is 19.1 Å². The minimum Gasteiger partial charge on any atom is -0.461 e. The maximum absolute atomic E-state index is 13.2. The number of nitriles is 1. The molecule has 21 heavy (non-hydrogen) atoms. The number of hydrogen-bond acceptors (Lipinski definition) is 3. The third-order valence-electron chi connectivity index (χ3n) is 3.17. The van der Waals surface area contributed by atoms with Crippen LogP contribution in [0.5, 0.6) is 0 Å². The van der Waals surface area contributed by atoms with Crippen LogP contribution in [-0.4, -0.2) is 17.1 Å². The highest BCUT2D eigenvalue weighted by Gasteiger charge is 2.16. The van der Waals surface area contributed by atoms with Gasteiger partial charge in [-0.05, 0) is 43.2 Å². The zero-order valence-electron chi connectivity index (χ0n) is 11.9. The number of aromatic nitrogens is 1. The summed E-state index contributed by atoms with van der Waals surface area (Å²) < 4.78 is 19.9. The fraction of sp³-hybridized carbons (Fsp3) is 0.250. The molecule has 2 aromatic rings. The smallest absolute Gasteiger partial charge is 0.355 e. The Labute approximate surface area is 122 Å². The predicted octanol–water partition coefficient (Wildman–Crippen LogP) is 3.03. The number of benzene rings is 1. The molecule has 0 saturated carbocycles. The van der Waals surface area contributed by atoms with E-state index in [0.717, 1.165) is 5.56 Å². The summed E-state index contributed by atoms with van der Waals surface area (Å²) in [6.45, 7) is 4.17. The SMILES string of the molecule is CCOC(=O)c1c(C)ccn1Cc1ccc(F)cc1C#N. The van der Waals surface area contributed by atoms with E-state index >= 15 is 0 Å². The van der Waals surface area contributed by atoms with E-state index < -0.39 is 11.8 Å². The van der Waals surface area contributed by atoms with Crippen LogP contribution in [0.4, 0.5) is 4.39 Å². The lowest BCUT2D eigenvalue weighted by molar-refractivity contribution is 0.0513. The second kappa shape index (κ2) is 6.23. The summed E-state index contributed by atoms with van der Waals surface area (Å²) in [6.07, 6.45) is 1.76. The average Bonchev–Trinajstić information content (AvgIpc) is 2.82. The Balaban J connectivity index is 2.37. The van der Waals surface area contributed by atoms with Crippen molar-refractivity contribution in [3.8, 4) is 6.07 Å². The van der Waals surface area contributed by atoms with Crippen LogP contribution in [0.25, 0.3) is 0 Å². The van der Waals surface area contributed by atoms with Crippen LogP contribution in [0, 0.1) is 24.1 Å². The summed E-state index contributed by atoms with van der Waals surface area (Å²) in [5.41, 5.74) is 2.16. The summed E-state index contributed by atoms with van der Waals surface area (Å²) in [5.74, 6) is -0.856. The largest absolute Gasteiger partial charge is 0.461 e. The second-order valence-corrected chi connectivity index (χ2v) is 4.61. The van der Waals surface area contributed by atoms with Crippen molar-refractivity contribution in [3.05, 3.63) is 58.7 Å². The summed E-state index contributed by atoms with van der Waals surface area (Å²) >= 11 is 0. The van der Waals surface area contributed by atoms with Gasteiger partial charge in [0.25, 0.3) is 0 Å². The molecule has 5 heteroatoms. The lowest BCUT2D eigenvalue weighted by Crippen LogP contribution is -2.14. The van der Waals surface area contributed by atoms with Gasteiger partial charge in [-0.1, -0.05) is 6.07 Å². The molecule has 1 aromatic heterocycles. The Morgan fingerprint density at radius 1 is 1.43 bits per heavy atom. The van der Waals surface area contributed by atoms with Crippen LogP contribution >= 0.6 is 0 Å². The number of hydrogen-bond donors (Lipinski definition) is 0. The molecule has 0 amide bonds. The number of aryl methyl sites for hydroxylation is 1. The van der Waals surface area contributed by atoms with E-state index in [1.54, 1.807) is 23.8 Å². The first-order valence-electron chi connectivity index (χ1n) is 6.58. The Kier molecular flexibility index (Phi) is 4.39. The zero-order valence-corrected chi connectivity index (χ0v) is 11.9. The first-order chi connectivity index (χ1) is 10.1. The molecular formula is C16H15FN2O2. The molecule has 4 nitrogen and oxygen atoms in total. The third kappa shape index (κ3) is 3.11. The van der Waals surface area contributed by atoms with Crippen molar-refractivity contribution in [1.82, 2.24) is 4.57 Å². The van der Waals surface area contributed by atoms with Crippen molar-refractivity contribution in [3.63, 3.8) is 0 Å². The molecule has 0 fully saturated rings. The Hall–Kier alpha value is -2.61. The van der Waals surface area contributed by atoms with Crippen molar-refractivity contribution < 1.29 is 13.9 Å². The van der Waals surface area contributed by atoms with E-state index in [-0.39, 0.29) is 5.56 Å². The molecule has 108 valence electrons. The third-order valence-corrected chi connectivity index (χ3v) is 3.17. The quantitative estimate of drug-likeness (QED) is 0.812. The predicted molar refractivity (Wildman–Crippen MR) is 75.3 cm³/mol. The van der Waals surface area contributed by atoms with E-state index in [1.165, 1.54) is 12.1 Å². The highest BCUT2D eigenvalue weighted by Crippen LogP contribution is 2.17. The summed E-state index contributed by atoms with van der Waals surface area (Å²) in [7, 11) is 0. The second-order valence-electron chi connectivity index (χ2n) is 4.61. The number of rotatable bonds is 4. The zero-order chi connectivity index (χ0) is 15.4. The fourth-order valence-electron chi connectivity index (χ4n) is 2.17. The number of carbonyl (C=O) groups excluding carboxylic acids is 1. The van der Waals surface area contributed by atoms with Crippen LogP contribution in [0.15, 0.2) is 30.5 Å². The molecule has 2 rings (SSSR count). The minimum absolute atomic E-state index is 0.260. The van der Waals surface area contributed by atoms with Crippen LogP contribution < -0.4 is 0 Å². The van der Waals surface area contributed by atoms with Gasteiger partial charge in [0, 0.05) is 12.7 Å². The molecule has 0 saturated heterocycles. The van der Waals surface area contributed by atoms with Gasteiger partial charge < -0.3 is 9.30 Å². The first-order valence-corrected chi connectivity index (χ1v) is 6.58. The Bertz CT molecular complexity index is 714. The highest BCUT2D eigenvalue weighted by molar-refractivity contribution is 5.89. The number of ether oxygens (including phenoxy) is 1. The maximum Gasteiger partial charge on any atom is 0.355 e. The number of nitrogens with zero attached hydrogens (tertiary/aromatic N) is 2. The van der Waals surface area contributed by atoms with E-state index in [9.17, 15) is 9.18 Å². The van der Waals surface area contributed by atoms with Gasteiger partial charge in [0.2, 0.25) is 0 Å². The minimum atomic E-state index is -0.454. The first kappa shape index (κ1) is 14.8. The van der Waals surface area contributed by atoms with Crippen molar-refractivity contribution in [2.75, 3.05) is 6.61 Å². The van der Waals surface area contributed by atoms with Gasteiger partial charge in [-0.2, -0.15) is 5.26 Å². The average molecular weight is 286 g/mol. The molecule has 0 radical (unpaired) electrons. The van der Waals surface area contributed by atoms with Gasteiger partial charge >= 0.3 is 5.97 Å². The van der Waals surface area contributed by atoms with Gasteiger partial charge in [-0.25, -0.2) is 9.18 Å². The molecule has 1 aromatic carbocycles. The molecular weight excluding hydrogens is 271 g/mol. The van der Waals surface area contributed by atoms with Gasteiger partial charge in [0.05, 0.1) is 18.2 Å². The molecule has 0 unspecified atom stereocenters. The molecule has 0 atom stereocenters. The van der Waals surface area contributed by atoms with Gasteiger partial charge in [-0.15, -0.1) is 0 Å². The summed E-state index contributed by atoms with van der Waals surface area (Å²) in [6, 6.07) is 7.82. The van der Waals surface area contributed by atoms with Crippen LogP contribution in [0.2, 0.25) is 0 Å².